The highest BCUT2D eigenvalue weighted by Gasteiger charge is 2.16. The standard InChI is InChI=1S/C23H28O2S/c24-18-10-9-16-22(25)23(26-19-21-14-5-2-6-15-21)17-8-7-13-20-11-3-1-4-12-20/h1-8,11-15,17,22-25H,9-10,16,18-19H2/b13-7+,17-8-/t22-,23+/m0/s1. The number of unbranched alkanes of at least 4 members (excludes halogenated alkanes) is 1. The van der Waals surface area contributed by atoms with Crippen molar-refractivity contribution in [2.45, 2.75) is 36.4 Å². The monoisotopic (exact) mass is 368 g/mol. The summed E-state index contributed by atoms with van der Waals surface area (Å²) in [5, 5.41) is 19.5. The minimum Gasteiger partial charge on any atom is -0.396 e. The summed E-state index contributed by atoms with van der Waals surface area (Å²) in [5.74, 6) is 0.870. The third kappa shape index (κ3) is 8.05. The zero-order valence-electron chi connectivity index (χ0n) is 15.1. The van der Waals surface area contributed by atoms with Crippen molar-refractivity contribution in [2.24, 2.45) is 0 Å². The Morgan fingerprint density at radius 1 is 0.885 bits per heavy atom. The fraction of sp³-hybridized carbons (Fsp3) is 0.304. The summed E-state index contributed by atoms with van der Waals surface area (Å²) in [6.45, 7) is 0.185. The maximum atomic E-state index is 10.6. The van der Waals surface area contributed by atoms with Gasteiger partial charge in [0.15, 0.2) is 0 Å². The van der Waals surface area contributed by atoms with Crippen LogP contribution in [-0.2, 0) is 5.75 Å². The zero-order valence-corrected chi connectivity index (χ0v) is 15.9. The minimum atomic E-state index is -0.406. The number of hydrogen-bond donors (Lipinski definition) is 2. The fourth-order valence-corrected chi connectivity index (χ4v) is 3.73. The molecule has 0 aliphatic rings. The van der Waals surface area contributed by atoms with Crippen molar-refractivity contribution in [3.8, 4) is 0 Å². The van der Waals surface area contributed by atoms with E-state index in [1.165, 1.54) is 5.56 Å². The number of aliphatic hydroxyl groups excluding tert-OH is 2. The van der Waals surface area contributed by atoms with Gasteiger partial charge in [-0.1, -0.05) is 85.0 Å². The third-order valence-corrected chi connectivity index (χ3v) is 5.43. The highest BCUT2D eigenvalue weighted by atomic mass is 32.2. The summed E-state index contributed by atoms with van der Waals surface area (Å²) < 4.78 is 0. The molecule has 0 aliphatic carbocycles. The van der Waals surface area contributed by atoms with E-state index in [4.69, 9.17) is 5.11 Å². The molecule has 0 bridgehead atoms. The van der Waals surface area contributed by atoms with Gasteiger partial charge in [-0.25, -0.2) is 0 Å². The Balaban J connectivity index is 1.94. The summed E-state index contributed by atoms with van der Waals surface area (Å²) in [4.78, 5) is 0. The quantitative estimate of drug-likeness (QED) is 0.429. The highest BCUT2D eigenvalue weighted by Crippen LogP contribution is 2.24. The van der Waals surface area contributed by atoms with E-state index in [1.54, 1.807) is 11.8 Å². The van der Waals surface area contributed by atoms with Crippen LogP contribution in [-0.4, -0.2) is 28.2 Å². The van der Waals surface area contributed by atoms with Crippen LogP contribution in [0.4, 0.5) is 0 Å². The zero-order chi connectivity index (χ0) is 18.5. The molecule has 2 N–H and O–H groups in total. The molecule has 2 aromatic rings. The van der Waals surface area contributed by atoms with Gasteiger partial charge >= 0.3 is 0 Å². The van der Waals surface area contributed by atoms with Crippen molar-refractivity contribution < 1.29 is 10.2 Å². The summed E-state index contributed by atoms with van der Waals surface area (Å²) in [7, 11) is 0. The van der Waals surface area contributed by atoms with Crippen LogP contribution in [0.5, 0.6) is 0 Å². The lowest BCUT2D eigenvalue weighted by Crippen LogP contribution is -2.21. The molecular weight excluding hydrogens is 340 g/mol. The van der Waals surface area contributed by atoms with Crippen molar-refractivity contribution in [2.75, 3.05) is 6.61 Å². The molecule has 0 amide bonds. The van der Waals surface area contributed by atoms with E-state index in [-0.39, 0.29) is 11.9 Å². The Bertz CT molecular complexity index is 652. The second-order valence-corrected chi connectivity index (χ2v) is 7.37. The molecule has 2 aromatic carbocycles. The van der Waals surface area contributed by atoms with Crippen LogP contribution < -0.4 is 0 Å². The number of thioether (sulfide) groups is 1. The predicted octanol–water partition coefficient (Wildman–Crippen LogP) is 5.08. The van der Waals surface area contributed by atoms with Crippen LogP contribution in [0.3, 0.4) is 0 Å². The van der Waals surface area contributed by atoms with Crippen molar-refractivity contribution in [3.63, 3.8) is 0 Å². The van der Waals surface area contributed by atoms with Gasteiger partial charge in [0, 0.05) is 17.6 Å². The van der Waals surface area contributed by atoms with E-state index in [0.717, 1.165) is 24.2 Å². The molecule has 0 heterocycles. The minimum absolute atomic E-state index is 0.0364. The average Bonchev–Trinajstić information content (AvgIpc) is 2.69. The van der Waals surface area contributed by atoms with Gasteiger partial charge in [-0.3, -0.25) is 0 Å². The average molecular weight is 369 g/mol. The summed E-state index contributed by atoms with van der Waals surface area (Å²) in [5.41, 5.74) is 2.42. The molecule has 0 saturated heterocycles. The number of hydrogen-bond acceptors (Lipinski definition) is 3. The molecule has 0 unspecified atom stereocenters. The largest absolute Gasteiger partial charge is 0.396 e. The molecule has 2 rings (SSSR count). The Labute approximate surface area is 161 Å². The Morgan fingerprint density at radius 2 is 1.58 bits per heavy atom. The molecular formula is C23H28O2S. The van der Waals surface area contributed by atoms with E-state index < -0.39 is 6.10 Å². The first-order valence-electron chi connectivity index (χ1n) is 9.14. The predicted molar refractivity (Wildman–Crippen MR) is 113 cm³/mol. The SMILES string of the molecule is OCCCC[C@H](O)[C@@H](/C=C\C=C\c1ccccc1)SCc1ccccc1. The molecule has 26 heavy (non-hydrogen) atoms. The van der Waals surface area contributed by atoms with Crippen LogP contribution >= 0.6 is 11.8 Å². The Kier molecular flexibility index (Phi) is 9.88. The maximum absolute atomic E-state index is 10.6. The molecule has 0 aromatic heterocycles. The van der Waals surface area contributed by atoms with E-state index in [9.17, 15) is 5.11 Å². The van der Waals surface area contributed by atoms with Gasteiger partial charge in [0.05, 0.1) is 6.10 Å². The number of aliphatic hydroxyl groups is 2. The van der Waals surface area contributed by atoms with Crippen LogP contribution in [0.15, 0.2) is 78.9 Å². The molecule has 0 aliphatic heterocycles. The molecule has 0 fully saturated rings. The molecule has 3 heteroatoms. The first-order chi connectivity index (χ1) is 12.8. The van der Waals surface area contributed by atoms with Crippen LogP contribution in [0.1, 0.15) is 30.4 Å². The molecule has 138 valence electrons. The van der Waals surface area contributed by atoms with Crippen molar-refractivity contribution >= 4 is 17.8 Å². The fourth-order valence-electron chi connectivity index (χ4n) is 2.60. The van der Waals surface area contributed by atoms with Crippen molar-refractivity contribution in [1.82, 2.24) is 0 Å². The van der Waals surface area contributed by atoms with Crippen molar-refractivity contribution in [1.29, 1.82) is 0 Å². The number of benzene rings is 2. The second-order valence-electron chi connectivity index (χ2n) is 6.20. The van der Waals surface area contributed by atoms with E-state index in [0.29, 0.717) is 6.42 Å². The van der Waals surface area contributed by atoms with Gasteiger partial charge < -0.3 is 10.2 Å². The van der Waals surface area contributed by atoms with Gasteiger partial charge in [0.1, 0.15) is 0 Å². The first-order valence-corrected chi connectivity index (χ1v) is 10.2. The van der Waals surface area contributed by atoms with Gasteiger partial charge in [-0.05, 0) is 30.4 Å². The van der Waals surface area contributed by atoms with Crippen molar-refractivity contribution in [3.05, 3.63) is 90.0 Å². The smallest absolute Gasteiger partial charge is 0.0694 e. The normalized spacial score (nSPS) is 14.1. The summed E-state index contributed by atoms with van der Waals surface area (Å²) in [6.07, 6.45) is 10.1. The second kappa shape index (κ2) is 12.5. The van der Waals surface area contributed by atoms with E-state index in [1.807, 2.05) is 48.6 Å². The highest BCUT2D eigenvalue weighted by molar-refractivity contribution is 7.99. The van der Waals surface area contributed by atoms with Crippen LogP contribution in [0.25, 0.3) is 6.08 Å². The number of allylic oxidation sites excluding steroid dienone is 2. The van der Waals surface area contributed by atoms with Crippen LogP contribution in [0, 0.1) is 0 Å². The van der Waals surface area contributed by atoms with E-state index in [2.05, 4.69) is 36.4 Å². The molecule has 0 spiro atoms. The van der Waals surface area contributed by atoms with E-state index >= 15 is 0 Å². The van der Waals surface area contributed by atoms with Gasteiger partial charge in [0.2, 0.25) is 0 Å². The van der Waals surface area contributed by atoms with Gasteiger partial charge in [-0.2, -0.15) is 0 Å². The Hall–Kier alpha value is -1.81. The lowest BCUT2D eigenvalue weighted by molar-refractivity contribution is 0.164. The third-order valence-electron chi connectivity index (χ3n) is 4.07. The lowest BCUT2D eigenvalue weighted by Gasteiger charge is -2.19. The van der Waals surface area contributed by atoms with Crippen LogP contribution in [0.2, 0.25) is 0 Å². The first kappa shape index (κ1) is 20.5. The van der Waals surface area contributed by atoms with Gasteiger partial charge in [-0.15, -0.1) is 11.8 Å². The Morgan fingerprint density at radius 3 is 2.27 bits per heavy atom. The summed E-state index contributed by atoms with van der Waals surface area (Å²) in [6, 6.07) is 20.5. The molecule has 0 saturated carbocycles. The lowest BCUT2D eigenvalue weighted by atomic mass is 10.1. The summed E-state index contributed by atoms with van der Waals surface area (Å²) >= 11 is 1.75. The van der Waals surface area contributed by atoms with Gasteiger partial charge in [0.25, 0.3) is 0 Å². The molecule has 2 atom stereocenters. The molecule has 0 radical (unpaired) electrons. The topological polar surface area (TPSA) is 40.5 Å². The number of rotatable bonds is 11. The maximum Gasteiger partial charge on any atom is 0.0694 e. The molecule has 2 nitrogen and oxygen atoms in total.